The number of benzene rings is 1. The zero-order chi connectivity index (χ0) is 19.5. The molecule has 5 heteroatoms. The largest absolute Gasteiger partial charge is 0.385 e. The van der Waals surface area contributed by atoms with Crippen molar-refractivity contribution in [1.29, 1.82) is 0 Å². The Hall–Kier alpha value is -1.59. The standard InChI is InChI=1S/C22H37N3O2/c1-18(2)27-16-20-9-7-19(8-10-20)15-24-21(23-3)25-17-22(13-14-26-4)11-5-6-12-22/h7-10,18H,5-6,11-17H2,1-4H3,(H2,23,24,25). The lowest BCUT2D eigenvalue weighted by Gasteiger charge is -2.30. The maximum atomic E-state index is 5.65. The van der Waals surface area contributed by atoms with Gasteiger partial charge in [-0.25, -0.2) is 0 Å². The van der Waals surface area contributed by atoms with E-state index < -0.39 is 0 Å². The average molecular weight is 376 g/mol. The van der Waals surface area contributed by atoms with Gasteiger partial charge in [0.15, 0.2) is 5.96 Å². The van der Waals surface area contributed by atoms with Crippen LogP contribution in [0.25, 0.3) is 0 Å². The van der Waals surface area contributed by atoms with E-state index in [2.05, 4.69) is 53.7 Å². The minimum Gasteiger partial charge on any atom is -0.385 e. The van der Waals surface area contributed by atoms with E-state index in [9.17, 15) is 0 Å². The molecular formula is C22H37N3O2. The van der Waals surface area contributed by atoms with Crippen molar-refractivity contribution < 1.29 is 9.47 Å². The van der Waals surface area contributed by atoms with E-state index in [4.69, 9.17) is 9.47 Å². The molecular weight excluding hydrogens is 338 g/mol. The number of ether oxygens (including phenoxy) is 2. The molecule has 0 radical (unpaired) electrons. The lowest BCUT2D eigenvalue weighted by atomic mass is 9.83. The van der Waals surface area contributed by atoms with Gasteiger partial charge in [0.2, 0.25) is 0 Å². The zero-order valence-corrected chi connectivity index (χ0v) is 17.5. The molecule has 1 aliphatic rings. The number of nitrogens with zero attached hydrogens (tertiary/aromatic N) is 1. The summed E-state index contributed by atoms with van der Waals surface area (Å²) in [5.74, 6) is 0.867. The molecule has 152 valence electrons. The van der Waals surface area contributed by atoms with Gasteiger partial charge in [-0.1, -0.05) is 37.1 Å². The number of hydrogen-bond donors (Lipinski definition) is 2. The molecule has 2 rings (SSSR count). The van der Waals surface area contributed by atoms with Gasteiger partial charge in [-0.3, -0.25) is 4.99 Å². The third kappa shape index (κ3) is 7.51. The van der Waals surface area contributed by atoms with Crippen molar-refractivity contribution in [3.8, 4) is 0 Å². The number of guanidine groups is 1. The number of rotatable bonds is 10. The van der Waals surface area contributed by atoms with Crippen molar-refractivity contribution in [2.45, 2.75) is 65.2 Å². The highest BCUT2D eigenvalue weighted by Crippen LogP contribution is 2.40. The quantitative estimate of drug-likeness (QED) is 0.481. The summed E-state index contributed by atoms with van der Waals surface area (Å²) < 4.78 is 11.0. The fourth-order valence-corrected chi connectivity index (χ4v) is 3.65. The van der Waals surface area contributed by atoms with Crippen LogP contribution in [0.1, 0.15) is 57.1 Å². The van der Waals surface area contributed by atoms with Crippen LogP contribution in [0, 0.1) is 5.41 Å². The van der Waals surface area contributed by atoms with Gasteiger partial charge in [0.25, 0.3) is 0 Å². The summed E-state index contributed by atoms with van der Waals surface area (Å²) in [4.78, 5) is 4.39. The molecule has 0 unspecified atom stereocenters. The lowest BCUT2D eigenvalue weighted by Crippen LogP contribution is -2.43. The number of methoxy groups -OCH3 is 1. The molecule has 0 bridgehead atoms. The molecule has 1 fully saturated rings. The van der Waals surface area contributed by atoms with Gasteiger partial charge in [0.1, 0.15) is 0 Å². The Labute approximate surface area is 164 Å². The molecule has 5 nitrogen and oxygen atoms in total. The molecule has 0 atom stereocenters. The van der Waals surface area contributed by atoms with Crippen LogP contribution in [0.5, 0.6) is 0 Å². The zero-order valence-electron chi connectivity index (χ0n) is 17.5. The van der Waals surface area contributed by atoms with E-state index in [0.717, 1.165) is 32.1 Å². The van der Waals surface area contributed by atoms with Crippen LogP contribution in [0.15, 0.2) is 29.3 Å². The van der Waals surface area contributed by atoms with Gasteiger partial charge in [0, 0.05) is 33.9 Å². The van der Waals surface area contributed by atoms with E-state index in [0.29, 0.717) is 12.0 Å². The molecule has 0 spiro atoms. The molecule has 1 aliphatic carbocycles. The van der Waals surface area contributed by atoms with Crippen LogP contribution in [-0.2, 0) is 22.6 Å². The summed E-state index contributed by atoms with van der Waals surface area (Å²) in [6, 6.07) is 8.56. The fraction of sp³-hybridized carbons (Fsp3) is 0.682. The first-order chi connectivity index (χ1) is 13.1. The maximum Gasteiger partial charge on any atom is 0.191 e. The number of aliphatic imine (C=N–C) groups is 1. The highest BCUT2D eigenvalue weighted by atomic mass is 16.5. The molecule has 2 N–H and O–H groups in total. The van der Waals surface area contributed by atoms with Crippen LogP contribution >= 0.6 is 0 Å². The Kier molecular flexibility index (Phi) is 9.08. The van der Waals surface area contributed by atoms with Crippen molar-refractivity contribution in [3.63, 3.8) is 0 Å². The highest BCUT2D eigenvalue weighted by Gasteiger charge is 2.33. The second-order valence-electron chi connectivity index (χ2n) is 7.91. The van der Waals surface area contributed by atoms with Crippen molar-refractivity contribution in [1.82, 2.24) is 10.6 Å². The summed E-state index contributed by atoms with van der Waals surface area (Å²) in [5.41, 5.74) is 2.79. The molecule has 0 aliphatic heterocycles. The average Bonchev–Trinajstić information content (AvgIpc) is 3.15. The van der Waals surface area contributed by atoms with Gasteiger partial charge in [-0.15, -0.1) is 0 Å². The Balaban J connectivity index is 1.79. The summed E-state index contributed by atoms with van der Waals surface area (Å²) in [5, 5.41) is 6.97. The second kappa shape index (κ2) is 11.3. The topological polar surface area (TPSA) is 54.9 Å². The highest BCUT2D eigenvalue weighted by molar-refractivity contribution is 5.79. The lowest BCUT2D eigenvalue weighted by molar-refractivity contribution is 0.0657. The number of nitrogens with one attached hydrogen (secondary N) is 2. The van der Waals surface area contributed by atoms with Crippen LogP contribution in [0.2, 0.25) is 0 Å². The summed E-state index contributed by atoms with van der Waals surface area (Å²) in [7, 11) is 3.62. The Morgan fingerprint density at radius 3 is 2.37 bits per heavy atom. The summed E-state index contributed by atoms with van der Waals surface area (Å²) >= 11 is 0. The Morgan fingerprint density at radius 1 is 1.11 bits per heavy atom. The SMILES string of the molecule is CN=C(NCc1ccc(COC(C)C)cc1)NCC1(CCOC)CCCC1. The van der Waals surface area contributed by atoms with Gasteiger partial charge in [-0.05, 0) is 49.7 Å². The van der Waals surface area contributed by atoms with Crippen LogP contribution in [0.4, 0.5) is 0 Å². The van der Waals surface area contributed by atoms with E-state index >= 15 is 0 Å². The molecule has 0 aromatic heterocycles. The third-order valence-corrected chi connectivity index (χ3v) is 5.42. The van der Waals surface area contributed by atoms with Crippen LogP contribution in [0.3, 0.4) is 0 Å². The monoisotopic (exact) mass is 375 g/mol. The van der Waals surface area contributed by atoms with Gasteiger partial charge >= 0.3 is 0 Å². The molecule has 1 saturated carbocycles. The molecule has 1 aromatic carbocycles. The van der Waals surface area contributed by atoms with Gasteiger partial charge < -0.3 is 20.1 Å². The van der Waals surface area contributed by atoms with E-state index in [-0.39, 0.29) is 6.10 Å². The fourth-order valence-electron chi connectivity index (χ4n) is 3.65. The molecule has 0 amide bonds. The first-order valence-electron chi connectivity index (χ1n) is 10.2. The van der Waals surface area contributed by atoms with Crippen LogP contribution < -0.4 is 10.6 Å². The van der Waals surface area contributed by atoms with Gasteiger partial charge in [0.05, 0.1) is 12.7 Å². The maximum absolute atomic E-state index is 5.65. The summed E-state index contributed by atoms with van der Waals surface area (Å²) in [6.07, 6.45) is 6.58. The van der Waals surface area contributed by atoms with Crippen molar-refractivity contribution in [2.24, 2.45) is 10.4 Å². The van der Waals surface area contributed by atoms with Crippen molar-refractivity contribution in [2.75, 3.05) is 27.3 Å². The first kappa shape index (κ1) is 21.7. The van der Waals surface area contributed by atoms with E-state index in [1.54, 1.807) is 7.11 Å². The second-order valence-corrected chi connectivity index (χ2v) is 7.91. The first-order valence-corrected chi connectivity index (χ1v) is 10.2. The predicted octanol–water partition coefficient (Wildman–Crippen LogP) is 3.87. The third-order valence-electron chi connectivity index (χ3n) is 5.42. The summed E-state index contributed by atoms with van der Waals surface area (Å²) in [6.45, 7) is 7.33. The number of hydrogen-bond acceptors (Lipinski definition) is 3. The minimum atomic E-state index is 0.257. The normalized spacial score (nSPS) is 16.7. The Bertz CT molecular complexity index is 563. The molecule has 0 saturated heterocycles. The van der Waals surface area contributed by atoms with Crippen molar-refractivity contribution >= 4 is 5.96 Å². The smallest absolute Gasteiger partial charge is 0.191 e. The minimum absolute atomic E-state index is 0.257. The molecule has 1 aromatic rings. The van der Waals surface area contributed by atoms with Crippen molar-refractivity contribution in [3.05, 3.63) is 35.4 Å². The predicted molar refractivity (Wildman–Crippen MR) is 112 cm³/mol. The Morgan fingerprint density at radius 2 is 1.78 bits per heavy atom. The van der Waals surface area contributed by atoms with E-state index in [1.807, 2.05) is 7.05 Å². The molecule has 0 heterocycles. The van der Waals surface area contributed by atoms with Crippen LogP contribution in [-0.4, -0.2) is 39.4 Å². The van der Waals surface area contributed by atoms with Gasteiger partial charge in [-0.2, -0.15) is 0 Å². The van der Waals surface area contributed by atoms with E-state index in [1.165, 1.54) is 36.8 Å². The molecule has 27 heavy (non-hydrogen) atoms.